The monoisotopic (exact) mass is 271 g/mol. The number of carbonyl (C=O) groups excluding carboxylic acids is 1. The SMILES string of the molecule is CC(C)C(C(=O)NCC1(N(C)C)CCC1)C(N)=S. The first-order valence-corrected chi connectivity index (χ1v) is 6.95. The van der Waals surface area contributed by atoms with Crippen molar-refractivity contribution in [3.05, 3.63) is 0 Å². The normalized spacial score (nSPS) is 19.4. The predicted octanol–water partition coefficient (Wildman–Crippen LogP) is 1.15. The van der Waals surface area contributed by atoms with Gasteiger partial charge >= 0.3 is 0 Å². The van der Waals surface area contributed by atoms with Gasteiger partial charge in [-0.15, -0.1) is 0 Å². The van der Waals surface area contributed by atoms with Crippen LogP contribution in [0.1, 0.15) is 33.1 Å². The van der Waals surface area contributed by atoms with Crippen LogP contribution in [0.15, 0.2) is 0 Å². The molecule has 1 saturated carbocycles. The lowest BCUT2D eigenvalue weighted by Crippen LogP contribution is -2.58. The highest BCUT2D eigenvalue weighted by Gasteiger charge is 2.39. The molecule has 0 heterocycles. The van der Waals surface area contributed by atoms with Gasteiger partial charge in [0.15, 0.2) is 0 Å². The van der Waals surface area contributed by atoms with Crippen molar-refractivity contribution in [1.29, 1.82) is 0 Å². The number of nitrogens with two attached hydrogens (primary N) is 1. The number of nitrogens with zero attached hydrogens (tertiary/aromatic N) is 1. The van der Waals surface area contributed by atoms with Gasteiger partial charge in [0.1, 0.15) is 0 Å². The first-order valence-electron chi connectivity index (χ1n) is 6.54. The zero-order valence-electron chi connectivity index (χ0n) is 11.8. The molecular weight excluding hydrogens is 246 g/mol. The minimum atomic E-state index is -0.362. The summed E-state index contributed by atoms with van der Waals surface area (Å²) >= 11 is 4.98. The first-order chi connectivity index (χ1) is 8.30. The van der Waals surface area contributed by atoms with Crippen LogP contribution < -0.4 is 11.1 Å². The van der Waals surface area contributed by atoms with Crippen LogP contribution in [0.5, 0.6) is 0 Å². The summed E-state index contributed by atoms with van der Waals surface area (Å²) in [4.78, 5) is 14.6. The topological polar surface area (TPSA) is 58.4 Å². The lowest BCUT2D eigenvalue weighted by atomic mass is 9.75. The Morgan fingerprint density at radius 3 is 2.28 bits per heavy atom. The Kier molecular flexibility index (Phi) is 5.10. The van der Waals surface area contributed by atoms with Gasteiger partial charge in [-0.25, -0.2) is 0 Å². The van der Waals surface area contributed by atoms with Crippen molar-refractivity contribution in [3.63, 3.8) is 0 Å². The fraction of sp³-hybridized carbons (Fsp3) is 0.846. The second kappa shape index (κ2) is 5.97. The molecule has 0 saturated heterocycles. The number of nitrogens with one attached hydrogen (secondary N) is 1. The van der Waals surface area contributed by atoms with Gasteiger partial charge in [0.25, 0.3) is 0 Å². The van der Waals surface area contributed by atoms with Crippen molar-refractivity contribution in [3.8, 4) is 0 Å². The second-order valence-electron chi connectivity index (χ2n) is 5.81. The van der Waals surface area contributed by atoms with Crippen molar-refractivity contribution >= 4 is 23.1 Å². The zero-order chi connectivity index (χ0) is 13.9. The summed E-state index contributed by atoms with van der Waals surface area (Å²) in [5, 5.41) is 3.02. The highest BCUT2D eigenvalue weighted by molar-refractivity contribution is 7.80. The quantitative estimate of drug-likeness (QED) is 0.712. The Bertz CT molecular complexity index is 324. The van der Waals surface area contributed by atoms with Crippen LogP contribution in [0.25, 0.3) is 0 Å². The van der Waals surface area contributed by atoms with E-state index in [1.165, 1.54) is 6.42 Å². The zero-order valence-corrected chi connectivity index (χ0v) is 12.6. The molecule has 18 heavy (non-hydrogen) atoms. The molecule has 0 aromatic carbocycles. The fourth-order valence-corrected chi connectivity index (χ4v) is 2.87. The van der Waals surface area contributed by atoms with Crippen LogP contribution in [0.4, 0.5) is 0 Å². The Morgan fingerprint density at radius 1 is 1.44 bits per heavy atom. The van der Waals surface area contributed by atoms with Gasteiger partial charge in [0, 0.05) is 12.1 Å². The second-order valence-corrected chi connectivity index (χ2v) is 6.29. The van der Waals surface area contributed by atoms with Gasteiger partial charge in [0.05, 0.1) is 10.9 Å². The summed E-state index contributed by atoms with van der Waals surface area (Å²) < 4.78 is 0. The summed E-state index contributed by atoms with van der Waals surface area (Å²) in [6.45, 7) is 4.62. The third-order valence-corrected chi connectivity index (χ3v) is 4.33. The largest absolute Gasteiger partial charge is 0.393 e. The Balaban J connectivity index is 2.57. The summed E-state index contributed by atoms with van der Waals surface area (Å²) in [5.41, 5.74) is 5.78. The maximum atomic E-state index is 12.1. The van der Waals surface area contributed by atoms with Gasteiger partial charge < -0.3 is 16.0 Å². The number of likely N-dealkylation sites (N-methyl/N-ethyl adjacent to an activating group) is 1. The first kappa shape index (κ1) is 15.4. The highest BCUT2D eigenvalue weighted by atomic mass is 32.1. The number of rotatable bonds is 6. The van der Waals surface area contributed by atoms with Crippen LogP contribution in [0, 0.1) is 11.8 Å². The highest BCUT2D eigenvalue weighted by Crippen LogP contribution is 2.35. The van der Waals surface area contributed by atoms with Crippen LogP contribution in [-0.4, -0.2) is 42.0 Å². The van der Waals surface area contributed by atoms with E-state index in [9.17, 15) is 4.79 Å². The van der Waals surface area contributed by atoms with Crippen LogP contribution >= 0.6 is 12.2 Å². The van der Waals surface area contributed by atoms with E-state index in [0.717, 1.165) is 12.8 Å². The number of hydrogen-bond acceptors (Lipinski definition) is 3. The fourth-order valence-electron chi connectivity index (χ4n) is 2.49. The summed E-state index contributed by atoms with van der Waals surface area (Å²) in [5.74, 6) is -0.260. The summed E-state index contributed by atoms with van der Waals surface area (Å²) in [6, 6.07) is 0. The molecule has 1 unspecified atom stereocenters. The van der Waals surface area contributed by atoms with E-state index < -0.39 is 0 Å². The third-order valence-electron chi connectivity index (χ3n) is 4.08. The van der Waals surface area contributed by atoms with Crippen LogP contribution in [0.2, 0.25) is 0 Å². The molecule has 1 rings (SSSR count). The minimum Gasteiger partial charge on any atom is -0.393 e. The van der Waals surface area contributed by atoms with Gasteiger partial charge in [0.2, 0.25) is 5.91 Å². The Hall–Kier alpha value is -0.680. The van der Waals surface area contributed by atoms with Crippen molar-refractivity contribution in [2.24, 2.45) is 17.6 Å². The van der Waals surface area contributed by atoms with E-state index in [-0.39, 0.29) is 28.3 Å². The molecule has 3 N–H and O–H groups in total. The predicted molar refractivity (Wildman–Crippen MR) is 78.4 cm³/mol. The number of thiocarbonyl (C=S) groups is 1. The van der Waals surface area contributed by atoms with E-state index in [2.05, 4.69) is 24.3 Å². The molecule has 0 aromatic rings. The van der Waals surface area contributed by atoms with Crippen molar-refractivity contribution in [1.82, 2.24) is 10.2 Å². The van der Waals surface area contributed by atoms with Crippen LogP contribution in [-0.2, 0) is 4.79 Å². The molecule has 0 spiro atoms. The average Bonchev–Trinajstić information content (AvgIpc) is 2.13. The lowest BCUT2D eigenvalue weighted by molar-refractivity contribution is -0.125. The van der Waals surface area contributed by atoms with Gasteiger partial charge in [-0.05, 0) is 39.3 Å². The summed E-state index contributed by atoms with van der Waals surface area (Å²) in [7, 11) is 4.14. The maximum absolute atomic E-state index is 12.1. The molecular formula is C13H25N3OS. The molecule has 0 bridgehead atoms. The Labute approximate surface area is 115 Å². The number of hydrogen-bond donors (Lipinski definition) is 2. The van der Waals surface area contributed by atoms with E-state index in [1.807, 2.05) is 13.8 Å². The molecule has 1 fully saturated rings. The van der Waals surface area contributed by atoms with E-state index in [1.54, 1.807) is 0 Å². The number of amides is 1. The van der Waals surface area contributed by atoms with Crippen LogP contribution in [0.3, 0.4) is 0 Å². The third kappa shape index (κ3) is 3.20. The Morgan fingerprint density at radius 2 is 2.00 bits per heavy atom. The molecule has 0 aliphatic heterocycles. The smallest absolute Gasteiger partial charge is 0.230 e. The van der Waals surface area contributed by atoms with Gasteiger partial charge in [-0.1, -0.05) is 26.1 Å². The van der Waals surface area contributed by atoms with Crippen molar-refractivity contribution in [2.45, 2.75) is 38.6 Å². The minimum absolute atomic E-state index is 0.0365. The lowest BCUT2D eigenvalue weighted by Gasteiger charge is -2.47. The molecule has 0 aromatic heterocycles. The standard InChI is InChI=1S/C13H25N3OS/c1-9(2)10(11(14)18)12(17)15-8-13(16(3)4)6-5-7-13/h9-10H,5-8H2,1-4H3,(H2,14,18)(H,15,17). The maximum Gasteiger partial charge on any atom is 0.230 e. The number of carbonyl (C=O) groups is 1. The average molecular weight is 271 g/mol. The van der Waals surface area contributed by atoms with E-state index in [4.69, 9.17) is 18.0 Å². The molecule has 4 nitrogen and oxygen atoms in total. The molecule has 104 valence electrons. The van der Waals surface area contributed by atoms with E-state index >= 15 is 0 Å². The van der Waals surface area contributed by atoms with Crippen molar-refractivity contribution < 1.29 is 4.79 Å². The van der Waals surface area contributed by atoms with E-state index in [0.29, 0.717) is 6.54 Å². The molecule has 1 aliphatic carbocycles. The molecule has 1 amide bonds. The van der Waals surface area contributed by atoms with Crippen molar-refractivity contribution in [2.75, 3.05) is 20.6 Å². The summed E-state index contributed by atoms with van der Waals surface area (Å²) in [6.07, 6.45) is 3.51. The van der Waals surface area contributed by atoms with Gasteiger partial charge in [-0.2, -0.15) is 0 Å². The molecule has 1 atom stereocenters. The molecule has 1 aliphatic rings. The molecule has 0 radical (unpaired) electrons. The molecule has 5 heteroatoms. The van der Waals surface area contributed by atoms with Gasteiger partial charge in [-0.3, -0.25) is 4.79 Å².